The van der Waals surface area contributed by atoms with Gasteiger partial charge in [-0.3, -0.25) is 0 Å². The smallest absolute Gasteiger partial charge is 0.0253 e. The van der Waals surface area contributed by atoms with Gasteiger partial charge in [0.05, 0.1) is 0 Å². The van der Waals surface area contributed by atoms with Gasteiger partial charge in [0.1, 0.15) is 0 Å². The van der Waals surface area contributed by atoms with Crippen LogP contribution in [0, 0.1) is 12.8 Å². The highest BCUT2D eigenvalue weighted by Crippen LogP contribution is 2.11. The fourth-order valence-electron chi connectivity index (χ4n) is 1.28. The molecule has 0 aliphatic heterocycles. The molecule has 0 nitrogen and oxygen atoms in total. The topological polar surface area (TPSA) is 0 Å². The van der Waals surface area contributed by atoms with Crippen LogP contribution in [-0.2, 0) is 6.42 Å². The Morgan fingerprint density at radius 1 is 0.933 bits per heavy atom. The zero-order chi connectivity index (χ0) is 12.3. The fraction of sp³-hybridized carbons (Fsp3) is 0.600. The molecule has 0 aliphatic carbocycles. The van der Waals surface area contributed by atoms with Gasteiger partial charge in [-0.25, -0.2) is 0 Å². The van der Waals surface area contributed by atoms with E-state index in [0.29, 0.717) is 0 Å². The predicted octanol–water partition coefficient (Wildman–Crippen LogP) is 5.25. The first kappa shape index (κ1) is 16.6. The highest BCUT2D eigenvalue weighted by atomic mass is 14.0. The van der Waals surface area contributed by atoms with Gasteiger partial charge in [0.15, 0.2) is 0 Å². The van der Waals surface area contributed by atoms with Gasteiger partial charge < -0.3 is 0 Å². The molecule has 1 rings (SSSR count). The molecule has 0 saturated heterocycles. The molecule has 88 valence electrons. The number of aryl methyl sites for hydroxylation is 1. The molecule has 0 N–H and O–H groups in total. The van der Waals surface area contributed by atoms with E-state index in [2.05, 4.69) is 45.0 Å². The van der Waals surface area contributed by atoms with Crippen LogP contribution in [-0.4, -0.2) is 0 Å². The Hall–Kier alpha value is -0.780. The molecular weight excluding hydrogens is 180 g/mol. The third-order valence-corrected chi connectivity index (χ3v) is 1.89. The molecule has 0 amide bonds. The third kappa shape index (κ3) is 8.23. The van der Waals surface area contributed by atoms with E-state index in [-0.39, 0.29) is 0 Å². The quantitative estimate of drug-likeness (QED) is 0.623. The second kappa shape index (κ2) is 11.3. The largest absolute Gasteiger partial charge is 0.0683 e. The van der Waals surface area contributed by atoms with Gasteiger partial charge in [-0.2, -0.15) is 0 Å². The molecule has 0 unspecified atom stereocenters. The Labute approximate surface area is 96.7 Å². The van der Waals surface area contributed by atoms with Crippen LogP contribution >= 0.6 is 0 Å². The van der Waals surface area contributed by atoms with Crippen molar-refractivity contribution in [3.05, 3.63) is 35.4 Å². The lowest BCUT2D eigenvalue weighted by Crippen LogP contribution is -1.95. The van der Waals surface area contributed by atoms with Crippen molar-refractivity contribution in [3.63, 3.8) is 0 Å². The average Bonchev–Trinajstić information content (AvgIpc) is 2.27. The molecular formula is C15H28. The first-order valence-electron chi connectivity index (χ1n) is 6.24. The Balaban J connectivity index is 0. The second-order valence-electron chi connectivity index (χ2n) is 3.52. The van der Waals surface area contributed by atoms with E-state index in [9.17, 15) is 0 Å². The van der Waals surface area contributed by atoms with Crippen LogP contribution in [0.4, 0.5) is 0 Å². The summed E-state index contributed by atoms with van der Waals surface area (Å²) in [4.78, 5) is 0. The van der Waals surface area contributed by atoms with Crippen LogP contribution in [0.25, 0.3) is 0 Å². The Morgan fingerprint density at radius 2 is 1.40 bits per heavy atom. The first-order chi connectivity index (χ1) is 7.20. The molecule has 0 spiro atoms. The molecule has 1 aromatic carbocycles. The SMILES string of the molecule is CC.CC.Cc1ccccc1CC(C)C. The number of hydrogen-bond donors (Lipinski definition) is 0. The summed E-state index contributed by atoms with van der Waals surface area (Å²) in [6.07, 6.45) is 1.20. The summed E-state index contributed by atoms with van der Waals surface area (Å²) >= 11 is 0. The lowest BCUT2D eigenvalue weighted by molar-refractivity contribution is 0.645. The van der Waals surface area contributed by atoms with Crippen LogP contribution in [0.1, 0.15) is 52.7 Å². The summed E-state index contributed by atoms with van der Waals surface area (Å²) in [5.41, 5.74) is 2.91. The predicted molar refractivity (Wildman–Crippen MR) is 72.4 cm³/mol. The zero-order valence-corrected chi connectivity index (χ0v) is 11.6. The normalized spacial score (nSPS) is 8.53. The number of rotatable bonds is 2. The second-order valence-corrected chi connectivity index (χ2v) is 3.52. The van der Waals surface area contributed by atoms with Crippen molar-refractivity contribution in [2.75, 3.05) is 0 Å². The first-order valence-corrected chi connectivity index (χ1v) is 6.24. The van der Waals surface area contributed by atoms with E-state index in [1.54, 1.807) is 0 Å². The molecule has 0 heteroatoms. The molecule has 0 saturated carbocycles. The van der Waals surface area contributed by atoms with Crippen LogP contribution in [0.5, 0.6) is 0 Å². The van der Waals surface area contributed by atoms with Gasteiger partial charge in [0.2, 0.25) is 0 Å². The van der Waals surface area contributed by atoms with Crippen molar-refractivity contribution in [1.82, 2.24) is 0 Å². The maximum atomic E-state index is 2.26. The van der Waals surface area contributed by atoms with Crippen molar-refractivity contribution in [2.45, 2.75) is 54.9 Å². The molecule has 0 bridgehead atoms. The monoisotopic (exact) mass is 208 g/mol. The van der Waals surface area contributed by atoms with Crippen molar-refractivity contribution in [1.29, 1.82) is 0 Å². The Morgan fingerprint density at radius 3 is 1.80 bits per heavy atom. The van der Waals surface area contributed by atoms with Gasteiger partial charge >= 0.3 is 0 Å². The Kier molecular flexibility index (Phi) is 12.5. The molecule has 0 radical (unpaired) electrons. The molecule has 0 aromatic heterocycles. The van der Waals surface area contributed by atoms with Gasteiger partial charge in [0, 0.05) is 0 Å². The molecule has 0 atom stereocenters. The van der Waals surface area contributed by atoms with Crippen molar-refractivity contribution in [2.24, 2.45) is 5.92 Å². The van der Waals surface area contributed by atoms with E-state index in [0.717, 1.165) is 5.92 Å². The number of hydrogen-bond acceptors (Lipinski definition) is 0. The maximum Gasteiger partial charge on any atom is -0.0253 e. The van der Waals surface area contributed by atoms with E-state index in [1.807, 2.05) is 27.7 Å². The van der Waals surface area contributed by atoms with E-state index in [4.69, 9.17) is 0 Å². The summed E-state index contributed by atoms with van der Waals surface area (Å²) in [5, 5.41) is 0. The molecule has 0 aliphatic rings. The van der Waals surface area contributed by atoms with Gasteiger partial charge in [-0.05, 0) is 30.4 Å². The zero-order valence-electron chi connectivity index (χ0n) is 11.6. The standard InChI is InChI=1S/C11H16.2C2H6/c1-9(2)8-11-7-5-4-6-10(11)3;2*1-2/h4-7,9H,8H2,1-3H3;2*1-2H3. The minimum atomic E-state index is 0.760. The summed E-state index contributed by atoms with van der Waals surface area (Å²) in [6, 6.07) is 8.61. The summed E-state index contributed by atoms with van der Waals surface area (Å²) in [5.74, 6) is 0.760. The van der Waals surface area contributed by atoms with Gasteiger partial charge in [0.25, 0.3) is 0 Å². The maximum absolute atomic E-state index is 2.26. The van der Waals surface area contributed by atoms with Crippen LogP contribution in [0.3, 0.4) is 0 Å². The third-order valence-electron chi connectivity index (χ3n) is 1.89. The lowest BCUT2D eigenvalue weighted by atomic mass is 9.99. The fourth-order valence-corrected chi connectivity index (χ4v) is 1.28. The Bertz CT molecular complexity index is 223. The number of benzene rings is 1. The summed E-state index contributed by atoms with van der Waals surface area (Å²) in [7, 11) is 0. The average molecular weight is 208 g/mol. The summed E-state index contributed by atoms with van der Waals surface area (Å²) in [6.45, 7) is 14.7. The van der Waals surface area contributed by atoms with Crippen molar-refractivity contribution < 1.29 is 0 Å². The highest BCUT2D eigenvalue weighted by Gasteiger charge is 1.98. The summed E-state index contributed by atoms with van der Waals surface area (Å²) < 4.78 is 0. The molecule has 1 aromatic rings. The van der Waals surface area contributed by atoms with Crippen LogP contribution in [0.2, 0.25) is 0 Å². The van der Waals surface area contributed by atoms with Crippen LogP contribution in [0.15, 0.2) is 24.3 Å². The van der Waals surface area contributed by atoms with Gasteiger partial charge in [-0.15, -0.1) is 0 Å². The molecule has 0 fully saturated rings. The minimum absolute atomic E-state index is 0.760. The van der Waals surface area contributed by atoms with Gasteiger partial charge in [-0.1, -0.05) is 65.8 Å². The highest BCUT2D eigenvalue weighted by molar-refractivity contribution is 5.25. The molecule has 15 heavy (non-hydrogen) atoms. The van der Waals surface area contributed by atoms with E-state index >= 15 is 0 Å². The van der Waals surface area contributed by atoms with Crippen molar-refractivity contribution in [3.8, 4) is 0 Å². The lowest BCUT2D eigenvalue weighted by Gasteiger charge is -2.07. The minimum Gasteiger partial charge on any atom is -0.0683 e. The molecule has 0 heterocycles. The van der Waals surface area contributed by atoms with E-state index in [1.165, 1.54) is 17.5 Å². The van der Waals surface area contributed by atoms with Crippen LogP contribution < -0.4 is 0 Å². The van der Waals surface area contributed by atoms with E-state index < -0.39 is 0 Å². The van der Waals surface area contributed by atoms with Crippen molar-refractivity contribution >= 4 is 0 Å².